The first kappa shape index (κ1) is 22.5. The standard InChI is InChI=1S/C25H29FN6O.2H2/c1-2-3-10-21-31-22-23(19-8-4-5-9-20(19)30-24(22)27)32(21)16-7-6-15-28-25(33)29-18-13-11-17(26)12-14-18;;/h4-5,8-9,11-14H,2-3,6-7,10,15-16H2,1H3,(H2,27,30)(H2,28,29,33);2*1H. The number of hydrogen-bond acceptors (Lipinski definition) is 4. The van der Waals surface area contributed by atoms with Gasteiger partial charge in [-0.1, -0.05) is 31.5 Å². The second-order valence-corrected chi connectivity index (χ2v) is 8.09. The minimum Gasteiger partial charge on any atom is -0.382 e. The van der Waals surface area contributed by atoms with E-state index in [0.717, 1.165) is 66.4 Å². The molecule has 0 aliphatic carbocycles. The van der Waals surface area contributed by atoms with Crippen LogP contribution >= 0.6 is 0 Å². The topological polar surface area (TPSA) is 97.9 Å². The lowest BCUT2D eigenvalue weighted by molar-refractivity contribution is 0.252. The van der Waals surface area contributed by atoms with Crippen molar-refractivity contribution in [1.82, 2.24) is 19.9 Å². The number of carbonyl (C=O) groups is 1. The van der Waals surface area contributed by atoms with Gasteiger partial charge in [0.15, 0.2) is 5.82 Å². The molecule has 2 aromatic heterocycles. The molecule has 7 nitrogen and oxygen atoms in total. The van der Waals surface area contributed by atoms with E-state index < -0.39 is 0 Å². The molecule has 0 unspecified atom stereocenters. The highest BCUT2D eigenvalue weighted by atomic mass is 19.1. The van der Waals surface area contributed by atoms with E-state index in [-0.39, 0.29) is 14.7 Å². The van der Waals surface area contributed by atoms with Crippen LogP contribution in [0.5, 0.6) is 0 Å². The summed E-state index contributed by atoms with van der Waals surface area (Å²) in [6, 6.07) is 13.4. The molecule has 4 aromatic rings. The van der Waals surface area contributed by atoms with Gasteiger partial charge in [0.25, 0.3) is 0 Å². The largest absolute Gasteiger partial charge is 0.382 e. The van der Waals surface area contributed by atoms with Gasteiger partial charge in [0.2, 0.25) is 0 Å². The van der Waals surface area contributed by atoms with Crippen LogP contribution in [-0.4, -0.2) is 27.1 Å². The Labute approximate surface area is 195 Å². The number of imidazole rings is 1. The van der Waals surface area contributed by atoms with Crippen molar-refractivity contribution in [1.29, 1.82) is 0 Å². The number of carbonyl (C=O) groups excluding carboxylic acids is 1. The normalized spacial score (nSPS) is 11.2. The van der Waals surface area contributed by atoms with Crippen LogP contribution < -0.4 is 16.4 Å². The number of nitrogens with two attached hydrogens (primary N) is 1. The van der Waals surface area contributed by atoms with Crippen molar-refractivity contribution >= 4 is 39.5 Å². The molecule has 4 N–H and O–H groups in total. The van der Waals surface area contributed by atoms with Gasteiger partial charge in [-0.05, 0) is 49.6 Å². The van der Waals surface area contributed by atoms with Crippen LogP contribution in [0.25, 0.3) is 21.9 Å². The van der Waals surface area contributed by atoms with E-state index in [0.29, 0.717) is 18.1 Å². The van der Waals surface area contributed by atoms with Crippen molar-refractivity contribution in [2.24, 2.45) is 0 Å². The number of benzene rings is 2. The number of hydrogen-bond donors (Lipinski definition) is 3. The van der Waals surface area contributed by atoms with Crippen LogP contribution in [0, 0.1) is 5.82 Å². The summed E-state index contributed by atoms with van der Waals surface area (Å²) >= 11 is 0. The maximum atomic E-state index is 13.0. The quantitative estimate of drug-likeness (QED) is 0.282. The fourth-order valence-corrected chi connectivity index (χ4v) is 3.98. The number of para-hydroxylation sites is 1. The number of halogens is 1. The third-order valence-corrected chi connectivity index (χ3v) is 5.64. The Morgan fingerprint density at radius 3 is 2.67 bits per heavy atom. The summed E-state index contributed by atoms with van der Waals surface area (Å²) in [4.78, 5) is 21.5. The lowest BCUT2D eigenvalue weighted by Crippen LogP contribution is -2.29. The van der Waals surface area contributed by atoms with Gasteiger partial charge in [-0.25, -0.2) is 19.2 Å². The van der Waals surface area contributed by atoms with Crippen LogP contribution in [0.2, 0.25) is 0 Å². The molecule has 0 fully saturated rings. The van der Waals surface area contributed by atoms with Crippen molar-refractivity contribution in [3.8, 4) is 0 Å². The maximum Gasteiger partial charge on any atom is 0.319 e. The van der Waals surface area contributed by atoms with Crippen LogP contribution in [0.1, 0.15) is 41.3 Å². The van der Waals surface area contributed by atoms with E-state index in [2.05, 4.69) is 33.2 Å². The molecule has 176 valence electrons. The zero-order chi connectivity index (χ0) is 23.2. The fourth-order valence-electron chi connectivity index (χ4n) is 3.98. The summed E-state index contributed by atoms with van der Waals surface area (Å²) in [5, 5.41) is 6.61. The van der Waals surface area contributed by atoms with Gasteiger partial charge in [0.05, 0.1) is 11.0 Å². The Morgan fingerprint density at radius 1 is 1.09 bits per heavy atom. The van der Waals surface area contributed by atoms with Gasteiger partial charge in [-0.15, -0.1) is 0 Å². The van der Waals surface area contributed by atoms with Crippen LogP contribution in [0.4, 0.5) is 20.7 Å². The molecule has 4 rings (SSSR count). The minimum atomic E-state index is -0.336. The van der Waals surface area contributed by atoms with Crippen LogP contribution in [0.15, 0.2) is 48.5 Å². The number of amides is 2. The molecule has 0 atom stereocenters. The van der Waals surface area contributed by atoms with Crippen molar-refractivity contribution in [3.63, 3.8) is 0 Å². The van der Waals surface area contributed by atoms with Crippen molar-refractivity contribution in [2.75, 3.05) is 17.6 Å². The molecule has 0 aliphatic rings. The molecular formula is C25H33FN6O. The smallest absolute Gasteiger partial charge is 0.319 e. The summed E-state index contributed by atoms with van der Waals surface area (Å²) in [5.41, 5.74) is 9.47. The Hall–Kier alpha value is -3.68. The van der Waals surface area contributed by atoms with Gasteiger partial charge in [-0.3, -0.25) is 0 Å². The molecule has 0 bridgehead atoms. The summed E-state index contributed by atoms with van der Waals surface area (Å²) in [6.07, 6.45) is 4.71. The second-order valence-electron chi connectivity index (χ2n) is 8.09. The third-order valence-electron chi connectivity index (χ3n) is 5.64. The first-order valence-electron chi connectivity index (χ1n) is 11.4. The molecule has 33 heavy (non-hydrogen) atoms. The molecule has 0 spiro atoms. The zero-order valence-electron chi connectivity index (χ0n) is 18.8. The first-order chi connectivity index (χ1) is 16.1. The molecule has 0 saturated heterocycles. The predicted molar refractivity (Wildman–Crippen MR) is 135 cm³/mol. The number of fused-ring (bicyclic) bond motifs is 3. The summed E-state index contributed by atoms with van der Waals surface area (Å²) in [7, 11) is 0. The number of aryl methyl sites for hydroxylation is 2. The van der Waals surface area contributed by atoms with E-state index in [1.807, 2.05) is 18.2 Å². The highest BCUT2D eigenvalue weighted by molar-refractivity contribution is 6.06. The van der Waals surface area contributed by atoms with E-state index in [4.69, 9.17) is 10.7 Å². The van der Waals surface area contributed by atoms with Crippen LogP contribution in [0.3, 0.4) is 0 Å². The number of aromatic nitrogens is 3. The SMILES string of the molecule is CCCCc1nc2c(N)nc3ccccc3c2n1CCCCNC(=O)Nc1ccc(F)cc1.[HH].[HH]. The van der Waals surface area contributed by atoms with E-state index in [9.17, 15) is 9.18 Å². The number of nitrogen functional groups attached to an aromatic ring is 1. The van der Waals surface area contributed by atoms with Crippen molar-refractivity contribution < 1.29 is 12.0 Å². The highest BCUT2D eigenvalue weighted by Crippen LogP contribution is 2.29. The maximum absolute atomic E-state index is 13.0. The minimum absolute atomic E-state index is 0. The molecule has 2 heterocycles. The number of pyridine rings is 1. The Morgan fingerprint density at radius 2 is 1.88 bits per heavy atom. The molecule has 0 radical (unpaired) electrons. The lowest BCUT2D eigenvalue weighted by atomic mass is 10.2. The van der Waals surface area contributed by atoms with E-state index in [1.165, 1.54) is 24.3 Å². The molecule has 0 saturated carbocycles. The fraction of sp³-hybridized carbons (Fsp3) is 0.320. The van der Waals surface area contributed by atoms with Gasteiger partial charge < -0.3 is 20.9 Å². The lowest BCUT2D eigenvalue weighted by Gasteiger charge is -2.11. The molecule has 0 aliphatic heterocycles. The number of unbranched alkanes of at least 4 members (excludes halogenated alkanes) is 2. The highest BCUT2D eigenvalue weighted by Gasteiger charge is 2.16. The Kier molecular flexibility index (Phi) is 7.02. The summed E-state index contributed by atoms with van der Waals surface area (Å²) in [5.74, 6) is 1.15. The average Bonchev–Trinajstić information content (AvgIpc) is 3.18. The number of rotatable bonds is 9. The number of nitrogens with one attached hydrogen (secondary N) is 2. The molecule has 2 amide bonds. The van der Waals surface area contributed by atoms with E-state index >= 15 is 0 Å². The molecular weight excluding hydrogens is 419 g/mol. The van der Waals surface area contributed by atoms with Crippen molar-refractivity contribution in [3.05, 3.63) is 60.2 Å². The first-order valence-corrected chi connectivity index (χ1v) is 11.4. The number of nitrogens with zero attached hydrogens (tertiary/aromatic N) is 3. The van der Waals surface area contributed by atoms with Gasteiger partial charge in [-0.2, -0.15) is 0 Å². The summed E-state index contributed by atoms with van der Waals surface area (Å²) < 4.78 is 15.3. The molecule has 2 aromatic carbocycles. The Bertz CT molecular complexity index is 1260. The number of anilines is 2. The Balaban J connectivity index is 0.00000216. The van der Waals surface area contributed by atoms with Gasteiger partial charge >= 0.3 is 6.03 Å². The second kappa shape index (κ2) is 10.3. The average molecular weight is 453 g/mol. The summed E-state index contributed by atoms with van der Waals surface area (Å²) in [6.45, 7) is 3.49. The van der Waals surface area contributed by atoms with Gasteiger partial charge in [0.1, 0.15) is 17.2 Å². The third kappa shape index (κ3) is 5.22. The number of urea groups is 1. The van der Waals surface area contributed by atoms with Gasteiger partial charge in [0, 0.05) is 33.4 Å². The zero-order valence-corrected chi connectivity index (χ0v) is 18.8. The monoisotopic (exact) mass is 452 g/mol. The van der Waals surface area contributed by atoms with Crippen LogP contribution in [-0.2, 0) is 13.0 Å². The molecule has 8 heteroatoms. The van der Waals surface area contributed by atoms with Crippen molar-refractivity contribution in [2.45, 2.75) is 45.6 Å². The predicted octanol–water partition coefficient (Wildman–Crippen LogP) is 5.74. The van der Waals surface area contributed by atoms with E-state index in [1.54, 1.807) is 0 Å².